The third kappa shape index (κ3) is 4.78. The molecule has 2 amide bonds. The van der Waals surface area contributed by atoms with Crippen LogP contribution in [0.2, 0.25) is 4.34 Å². The van der Waals surface area contributed by atoms with Crippen LogP contribution in [0.1, 0.15) is 31.6 Å². The van der Waals surface area contributed by atoms with Gasteiger partial charge in [0.2, 0.25) is 11.8 Å². The molecule has 0 N–H and O–H groups in total. The Morgan fingerprint density at radius 3 is 2.27 bits per heavy atom. The Labute approximate surface area is 164 Å². The Kier molecular flexibility index (Phi) is 6.59. The zero-order chi connectivity index (χ0) is 18.7. The number of nitrogens with zero attached hydrogens (tertiary/aromatic N) is 3. The van der Waals surface area contributed by atoms with Crippen molar-refractivity contribution in [3.05, 3.63) is 21.3 Å². The Hall–Kier alpha value is -1.11. The van der Waals surface area contributed by atoms with Crippen LogP contribution in [0.3, 0.4) is 0 Å². The topological polar surface area (TPSA) is 43.9 Å². The number of hydrogen-bond acceptors (Lipinski definition) is 4. The smallest absolute Gasteiger partial charge is 0.225 e. The van der Waals surface area contributed by atoms with Crippen LogP contribution in [0, 0.1) is 11.8 Å². The zero-order valence-corrected chi connectivity index (χ0v) is 17.2. The molecule has 0 unspecified atom stereocenters. The molecular formula is C19H28ClN3O2S. The van der Waals surface area contributed by atoms with Gasteiger partial charge in [0, 0.05) is 62.5 Å². The second kappa shape index (κ2) is 8.72. The second-order valence-electron chi connectivity index (χ2n) is 7.56. The summed E-state index contributed by atoms with van der Waals surface area (Å²) in [6.45, 7) is 9.62. The lowest BCUT2D eigenvalue weighted by Gasteiger charge is -2.38. The summed E-state index contributed by atoms with van der Waals surface area (Å²) in [5, 5.41) is 0. The monoisotopic (exact) mass is 397 g/mol. The first-order valence-corrected chi connectivity index (χ1v) is 10.7. The van der Waals surface area contributed by atoms with Crippen molar-refractivity contribution in [1.82, 2.24) is 14.7 Å². The van der Waals surface area contributed by atoms with Crippen molar-refractivity contribution in [2.75, 3.05) is 39.3 Å². The Balaban J connectivity index is 1.43. The molecule has 0 radical (unpaired) electrons. The van der Waals surface area contributed by atoms with E-state index >= 15 is 0 Å². The Bertz CT molecular complexity index is 632. The maximum atomic E-state index is 12.8. The van der Waals surface area contributed by atoms with E-state index in [0.29, 0.717) is 13.1 Å². The van der Waals surface area contributed by atoms with Gasteiger partial charge in [0.1, 0.15) is 0 Å². The second-order valence-corrected chi connectivity index (χ2v) is 9.36. The fraction of sp³-hybridized carbons (Fsp3) is 0.684. The number of hydrogen-bond donors (Lipinski definition) is 0. The van der Waals surface area contributed by atoms with E-state index in [2.05, 4.69) is 11.0 Å². The molecule has 0 aliphatic carbocycles. The molecule has 0 saturated carbocycles. The van der Waals surface area contributed by atoms with Crippen LogP contribution in [0.5, 0.6) is 0 Å². The van der Waals surface area contributed by atoms with Crippen molar-refractivity contribution in [3.8, 4) is 0 Å². The van der Waals surface area contributed by atoms with E-state index in [0.717, 1.165) is 49.9 Å². The summed E-state index contributed by atoms with van der Waals surface area (Å²) >= 11 is 7.63. The van der Waals surface area contributed by atoms with E-state index < -0.39 is 0 Å². The lowest BCUT2D eigenvalue weighted by atomic mass is 9.94. The minimum absolute atomic E-state index is 0.0357. The number of likely N-dealkylation sites (tertiary alicyclic amines) is 1. The minimum Gasteiger partial charge on any atom is -0.342 e. The fourth-order valence-electron chi connectivity index (χ4n) is 3.75. The molecule has 0 bridgehead atoms. The molecule has 1 aromatic rings. The summed E-state index contributed by atoms with van der Waals surface area (Å²) in [7, 11) is 0. The van der Waals surface area contributed by atoms with Gasteiger partial charge in [-0.05, 0) is 25.0 Å². The molecule has 2 saturated heterocycles. The number of piperidine rings is 1. The fourth-order valence-corrected chi connectivity index (χ4v) is 4.88. The average Bonchev–Trinajstić information content (AvgIpc) is 3.06. The van der Waals surface area contributed by atoms with Gasteiger partial charge in [0.25, 0.3) is 0 Å². The van der Waals surface area contributed by atoms with Crippen LogP contribution in [-0.4, -0.2) is 65.8 Å². The molecule has 7 heteroatoms. The summed E-state index contributed by atoms with van der Waals surface area (Å²) < 4.78 is 0.830. The third-order valence-corrected chi connectivity index (χ3v) is 6.56. The van der Waals surface area contributed by atoms with Gasteiger partial charge in [-0.25, -0.2) is 0 Å². The van der Waals surface area contributed by atoms with Crippen molar-refractivity contribution in [2.45, 2.75) is 33.2 Å². The lowest BCUT2D eigenvalue weighted by molar-refractivity contribution is -0.143. The summed E-state index contributed by atoms with van der Waals surface area (Å²) in [6, 6.07) is 4.02. The quantitative estimate of drug-likeness (QED) is 0.784. The van der Waals surface area contributed by atoms with Gasteiger partial charge < -0.3 is 9.80 Å². The van der Waals surface area contributed by atoms with Gasteiger partial charge in [-0.3, -0.25) is 14.5 Å². The van der Waals surface area contributed by atoms with Gasteiger partial charge in [0.15, 0.2) is 0 Å². The number of thiophene rings is 1. The van der Waals surface area contributed by atoms with Crippen LogP contribution in [0.4, 0.5) is 0 Å². The van der Waals surface area contributed by atoms with E-state index in [4.69, 9.17) is 11.6 Å². The van der Waals surface area contributed by atoms with Crippen LogP contribution in [0.25, 0.3) is 0 Å². The summed E-state index contributed by atoms with van der Waals surface area (Å²) in [5.74, 6) is 0.598. The Morgan fingerprint density at radius 1 is 1.08 bits per heavy atom. The molecule has 2 fully saturated rings. The van der Waals surface area contributed by atoms with Crippen molar-refractivity contribution >= 4 is 34.8 Å². The van der Waals surface area contributed by atoms with Crippen LogP contribution < -0.4 is 0 Å². The average molecular weight is 398 g/mol. The number of amides is 2. The van der Waals surface area contributed by atoms with Crippen LogP contribution >= 0.6 is 22.9 Å². The standard InChI is InChI=1S/C19H28ClN3O2S/c1-14(2)18(24)22-7-5-15(6-8-22)19(25)23-11-9-21(10-12-23)13-16-3-4-17(20)26-16/h3-4,14-15H,5-13H2,1-2H3. The van der Waals surface area contributed by atoms with Crippen molar-refractivity contribution in [3.63, 3.8) is 0 Å². The number of carbonyl (C=O) groups excluding carboxylic acids is 2. The van der Waals surface area contributed by atoms with E-state index in [9.17, 15) is 9.59 Å². The SMILES string of the molecule is CC(C)C(=O)N1CCC(C(=O)N2CCN(Cc3ccc(Cl)s3)CC2)CC1. The minimum atomic E-state index is 0.0357. The van der Waals surface area contributed by atoms with Crippen molar-refractivity contribution in [1.29, 1.82) is 0 Å². The van der Waals surface area contributed by atoms with Crippen molar-refractivity contribution < 1.29 is 9.59 Å². The molecule has 3 heterocycles. The van der Waals surface area contributed by atoms with Crippen LogP contribution in [-0.2, 0) is 16.1 Å². The first kappa shape index (κ1) is 19.6. The molecule has 2 aliphatic rings. The predicted octanol–water partition coefficient (Wildman–Crippen LogP) is 2.94. The van der Waals surface area contributed by atoms with E-state index in [1.807, 2.05) is 29.7 Å². The molecule has 3 rings (SSSR count). The lowest BCUT2D eigenvalue weighted by Crippen LogP contribution is -2.51. The van der Waals surface area contributed by atoms with E-state index in [1.165, 1.54) is 4.88 Å². The predicted molar refractivity (Wildman–Crippen MR) is 105 cm³/mol. The summed E-state index contributed by atoms with van der Waals surface area (Å²) in [5.41, 5.74) is 0. The highest BCUT2D eigenvalue weighted by molar-refractivity contribution is 7.16. The number of carbonyl (C=O) groups is 2. The largest absolute Gasteiger partial charge is 0.342 e. The van der Waals surface area contributed by atoms with Crippen LogP contribution in [0.15, 0.2) is 12.1 Å². The molecular weight excluding hydrogens is 370 g/mol. The molecule has 1 aromatic heterocycles. The van der Waals surface area contributed by atoms with E-state index in [1.54, 1.807) is 11.3 Å². The first-order valence-electron chi connectivity index (χ1n) is 9.48. The van der Waals surface area contributed by atoms with E-state index in [-0.39, 0.29) is 23.7 Å². The van der Waals surface area contributed by atoms with Gasteiger partial charge in [-0.1, -0.05) is 25.4 Å². The third-order valence-electron chi connectivity index (χ3n) is 5.34. The zero-order valence-electron chi connectivity index (χ0n) is 15.6. The maximum Gasteiger partial charge on any atom is 0.225 e. The van der Waals surface area contributed by atoms with Gasteiger partial charge in [-0.15, -0.1) is 11.3 Å². The molecule has 5 nitrogen and oxygen atoms in total. The van der Waals surface area contributed by atoms with Gasteiger partial charge >= 0.3 is 0 Å². The molecule has 2 aliphatic heterocycles. The van der Waals surface area contributed by atoms with Gasteiger partial charge in [0.05, 0.1) is 4.34 Å². The summed E-state index contributed by atoms with van der Waals surface area (Å²) in [6.07, 6.45) is 1.59. The number of piperazine rings is 1. The summed E-state index contributed by atoms with van der Waals surface area (Å²) in [4.78, 5) is 32.5. The maximum absolute atomic E-state index is 12.8. The highest BCUT2D eigenvalue weighted by atomic mass is 35.5. The molecule has 0 atom stereocenters. The first-order chi connectivity index (χ1) is 12.4. The number of rotatable bonds is 4. The Morgan fingerprint density at radius 2 is 1.73 bits per heavy atom. The highest BCUT2D eigenvalue weighted by Crippen LogP contribution is 2.24. The molecule has 0 spiro atoms. The van der Waals surface area contributed by atoms with Crippen molar-refractivity contribution in [2.24, 2.45) is 11.8 Å². The van der Waals surface area contributed by atoms with Gasteiger partial charge in [-0.2, -0.15) is 0 Å². The molecule has 144 valence electrons. The normalized spacial score (nSPS) is 20.0. The number of halogens is 1. The molecule has 0 aromatic carbocycles. The highest BCUT2D eigenvalue weighted by Gasteiger charge is 2.32. The molecule has 26 heavy (non-hydrogen) atoms.